The number of halogens is 1. The summed E-state index contributed by atoms with van der Waals surface area (Å²) in [5, 5.41) is 0.483. The maximum absolute atomic E-state index is 13.5. The summed E-state index contributed by atoms with van der Waals surface area (Å²) in [6, 6.07) is 14.6. The van der Waals surface area contributed by atoms with E-state index in [2.05, 4.69) is 20.8 Å². The molecule has 2 aliphatic heterocycles. The van der Waals surface area contributed by atoms with Gasteiger partial charge in [-0.25, -0.2) is 0 Å². The molecule has 1 fully saturated rings. The van der Waals surface area contributed by atoms with Crippen LogP contribution in [0.25, 0.3) is 11.0 Å². The van der Waals surface area contributed by atoms with Gasteiger partial charge in [-0.2, -0.15) is 0 Å². The Bertz CT molecular complexity index is 1170. The predicted octanol–water partition coefficient (Wildman–Crippen LogP) is 3.82. The third-order valence-electron chi connectivity index (χ3n) is 6.02. The SMILES string of the molecule is O=C1c2oc3ccc(Br)cc3c(=O)c2C(c2ccccc2)N1CCCN1CCOCC1. The van der Waals surface area contributed by atoms with Gasteiger partial charge in [0.1, 0.15) is 5.58 Å². The molecule has 1 saturated heterocycles. The van der Waals surface area contributed by atoms with Crippen molar-refractivity contribution < 1.29 is 13.9 Å². The van der Waals surface area contributed by atoms with Gasteiger partial charge < -0.3 is 14.1 Å². The highest BCUT2D eigenvalue weighted by molar-refractivity contribution is 9.10. The summed E-state index contributed by atoms with van der Waals surface area (Å²) in [5.74, 6) is -0.0483. The molecule has 3 aromatic rings. The fourth-order valence-electron chi connectivity index (χ4n) is 4.49. The lowest BCUT2D eigenvalue weighted by Crippen LogP contribution is -2.38. The molecule has 6 nitrogen and oxygen atoms in total. The van der Waals surface area contributed by atoms with Crippen LogP contribution in [-0.2, 0) is 4.74 Å². The van der Waals surface area contributed by atoms with Gasteiger partial charge in [0.05, 0.1) is 30.2 Å². The van der Waals surface area contributed by atoms with Crippen LogP contribution in [0.1, 0.15) is 34.1 Å². The van der Waals surface area contributed by atoms with Gasteiger partial charge in [-0.05, 0) is 30.2 Å². The molecule has 2 aromatic carbocycles. The van der Waals surface area contributed by atoms with Crippen molar-refractivity contribution >= 4 is 32.8 Å². The van der Waals surface area contributed by atoms with E-state index in [0.717, 1.165) is 49.3 Å². The molecule has 0 bridgehead atoms. The minimum absolute atomic E-state index is 0.143. The number of fused-ring (bicyclic) bond motifs is 2. The van der Waals surface area contributed by atoms with E-state index in [-0.39, 0.29) is 17.1 Å². The van der Waals surface area contributed by atoms with Gasteiger partial charge in [-0.15, -0.1) is 0 Å². The molecule has 1 aromatic heterocycles. The Morgan fingerprint density at radius 3 is 2.55 bits per heavy atom. The molecule has 1 amide bonds. The largest absolute Gasteiger partial charge is 0.450 e. The predicted molar refractivity (Wildman–Crippen MR) is 121 cm³/mol. The number of rotatable bonds is 5. The third-order valence-corrected chi connectivity index (χ3v) is 6.51. The summed E-state index contributed by atoms with van der Waals surface area (Å²) in [6.07, 6.45) is 0.822. The van der Waals surface area contributed by atoms with E-state index in [1.54, 1.807) is 17.0 Å². The number of nitrogens with zero attached hydrogens (tertiary/aromatic N) is 2. The second-order valence-corrected chi connectivity index (χ2v) is 8.85. The average molecular weight is 483 g/mol. The molecule has 0 aliphatic carbocycles. The molecule has 0 radical (unpaired) electrons. The van der Waals surface area contributed by atoms with Crippen molar-refractivity contribution in [1.29, 1.82) is 0 Å². The highest BCUT2D eigenvalue weighted by atomic mass is 79.9. The monoisotopic (exact) mass is 482 g/mol. The third kappa shape index (κ3) is 3.82. The molecule has 0 spiro atoms. The van der Waals surface area contributed by atoms with Gasteiger partial charge in [-0.3, -0.25) is 14.5 Å². The Morgan fingerprint density at radius 1 is 1.00 bits per heavy atom. The van der Waals surface area contributed by atoms with Crippen LogP contribution >= 0.6 is 15.9 Å². The quantitative estimate of drug-likeness (QED) is 0.552. The lowest BCUT2D eigenvalue weighted by Gasteiger charge is -2.29. The maximum Gasteiger partial charge on any atom is 0.290 e. The normalized spacial score (nSPS) is 19.2. The summed E-state index contributed by atoms with van der Waals surface area (Å²) >= 11 is 3.43. The Hall–Kier alpha value is -2.48. The first-order valence-electron chi connectivity index (χ1n) is 10.6. The summed E-state index contributed by atoms with van der Waals surface area (Å²) in [5.41, 5.74) is 1.65. The average Bonchev–Trinajstić information content (AvgIpc) is 3.08. The lowest BCUT2D eigenvalue weighted by atomic mass is 9.98. The van der Waals surface area contributed by atoms with E-state index in [1.807, 2.05) is 36.4 Å². The van der Waals surface area contributed by atoms with E-state index in [9.17, 15) is 9.59 Å². The number of carbonyl (C=O) groups excluding carboxylic acids is 1. The second kappa shape index (κ2) is 8.57. The number of morpholine rings is 1. The van der Waals surface area contributed by atoms with E-state index < -0.39 is 6.04 Å². The van der Waals surface area contributed by atoms with Gasteiger partial charge in [0, 0.05) is 30.7 Å². The first-order valence-corrected chi connectivity index (χ1v) is 11.3. The van der Waals surface area contributed by atoms with Crippen molar-refractivity contribution in [2.75, 3.05) is 39.4 Å². The Balaban J connectivity index is 1.52. The Morgan fingerprint density at radius 2 is 1.77 bits per heavy atom. The fraction of sp³-hybridized carbons (Fsp3) is 0.333. The van der Waals surface area contributed by atoms with Crippen molar-refractivity contribution in [3.63, 3.8) is 0 Å². The number of ether oxygens (including phenoxy) is 1. The number of hydrogen-bond acceptors (Lipinski definition) is 5. The molecular weight excluding hydrogens is 460 g/mol. The summed E-state index contributed by atoms with van der Waals surface area (Å²) in [7, 11) is 0. The summed E-state index contributed by atoms with van der Waals surface area (Å²) < 4.78 is 12.2. The highest BCUT2D eigenvalue weighted by Gasteiger charge is 2.42. The molecule has 0 N–H and O–H groups in total. The number of amides is 1. The zero-order chi connectivity index (χ0) is 21.4. The van der Waals surface area contributed by atoms with Crippen molar-refractivity contribution in [2.24, 2.45) is 0 Å². The highest BCUT2D eigenvalue weighted by Crippen LogP contribution is 2.38. The topological polar surface area (TPSA) is 63.0 Å². The molecule has 0 saturated carbocycles. The Kier molecular flexibility index (Phi) is 5.65. The van der Waals surface area contributed by atoms with Crippen LogP contribution in [0.15, 0.2) is 62.2 Å². The van der Waals surface area contributed by atoms with E-state index in [4.69, 9.17) is 9.15 Å². The molecular formula is C24H23BrN2O4. The van der Waals surface area contributed by atoms with Gasteiger partial charge in [0.25, 0.3) is 5.91 Å². The first kappa shape index (κ1) is 20.4. The van der Waals surface area contributed by atoms with Crippen LogP contribution in [0, 0.1) is 0 Å². The number of carbonyl (C=O) groups is 1. The van der Waals surface area contributed by atoms with E-state index in [0.29, 0.717) is 23.1 Å². The maximum atomic E-state index is 13.5. The molecule has 1 unspecified atom stereocenters. The van der Waals surface area contributed by atoms with Crippen LogP contribution in [0.2, 0.25) is 0 Å². The molecule has 3 heterocycles. The van der Waals surface area contributed by atoms with Crippen LogP contribution in [-0.4, -0.2) is 55.1 Å². The first-order chi connectivity index (χ1) is 15.1. The van der Waals surface area contributed by atoms with E-state index in [1.165, 1.54) is 0 Å². The van der Waals surface area contributed by atoms with Gasteiger partial charge in [0.15, 0.2) is 5.43 Å². The molecule has 31 heavy (non-hydrogen) atoms. The number of hydrogen-bond donors (Lipinski definition) is 0. The van der Waals surface area contributed by atoms with Crippen LogP contribution in [0.5, 0.6) is 0 Å². The van der Waals surface area contributed by atoms with Gasteiger partial charge in [0.2, 0.25) is 5.76 Å². The molecule has 160 valence electrons. The Labute approximate surface area is 188 Å². The standard InChI is InChI=1S/C24H23BrN2O4/c25-17-7-8-19-18(15-17)22(28)20-21(16-5-2-1-3-6-16)27(24(29)23(20)31-19)10-4-9-26-11-13-30-14-12-26/h1-3,5-8,15,21H,4,9-14H2. The van der Waals surface area contributed by atoms with Crippen molar-refractivity contribution in [3.05, 3.63) is 80.1 Å². The molecule has 2 aliphatic rings. The number of benzene rings is 2. The summed E-state index contributed by atoms with van der Waals surface area (Å²) in [4.78, 5) is 31.0. The minimum atomic E-state index is -0.437. The second-order valence-electron chi connectivity index (χ2n) is 7.93. The van der Waals surface area contributed by atoms with Crippen LogP contribution in [0.3, 0.4) is 0 Å². The lowest BCUT2D eigenvalue weighted by molar-refractivity contribution is 0.0353. The molecule has 5 rings (SSSR count). The van der Waals surface area contributed by atoms with Gasteiger partial charge in [-0.1, -0.05) is 46.3 Å². The smallest absolute Gasteiger partial charge is 0.290 e. The van der Waals surface area contributed by atoms with Crippen molar-refractivity contribution in [2.45, 2.75) is 12.5 Å². The zero-order valence-electron chi connectivity index (χ0n) is 17.1. The minimum Gasteiger partial charge on any atom is -0.450 e. The fourth-order valence-corrected chi connectivity index (χ4v) is 4.86. The van der Waals surface area contributed by atoms with Crippen molar-refractivity contribution in [3.8, 4) is 0 Å². The van der Waals surface area contributed by atoms with Crippen LogP contribution < -0.4 is 5.43 Å². The molecule has 1 atom stereocenters. The molecule has 7 heteroatoms. The summed E-state index contributed by atoms with van der Waals surface area (Å²) in [6.45, 7) is 4.77. The van der Waals surface area contributed by atoms with E-state index >= 15 is 0 Å². The van der Waals surface area contributed by atoms with Crippen molar-refractivity contribution in [1.82, 2.24) is 9.80 Å². The van der Waals surface area contributed by atoms with Gasteiger partial charge >= 0.3 is 0 Å². The van der Waals surface area contributed by atoms with Crippen LogP contribution in [0.4, 0.5) is 0 Å². The zero-order valence-corrected chi connectivity index (χ0v) is 18.6.